The minimum atomic E-state index is -1.08. The summed E-state index contributed by atoms with van der Waals surface area (Å²) in [7, 11) is 1.61. The largest absolute Gasteiger partial charge is 0.478 e. The Bertz CT molecular complexity index is 529. The van der Waals surface area contributed by atoms with Gasteiger partial charge in [0.1, 0.15) is 0 Å². The van der Waals surface area contributed by atoms with Crippen molar-refractivity contribution in [1.29, 1.82) is 0 Å². The van der Waals surface area contributed by atoms with Crippen molar-refractivity contribution in [2.45, 2.75) is 6.92 Å². The third-order valence-corrected chi connectivity index (χ3v) is 2.64. The van der Waals surface area contributed by atoms with E-state index in [0.717, 1.165) is 5.57 Å². The maximum absolute atomic E-state index is 11.8. The third-order valence-electron chi connectivity index (χ3n) is 2.31. The summed E-state index contributed by atoms with van der Waals surface area (Å²) >= 11 is 5.91. The highest BCUT2D eigenvalue weighted by molar-refractivity contribution is 6.33. The van der Waals surface area contributed by atoms with E-state index in [0.29, 0.717) is 6.54 Å². The predicted octanol–water partition coefficient (Wildman–Crippen LogP) is 3.08. The zero-order valence-electron chi connectivity index (χ0n) is 10.7. The summed E-state index contributed by atoms with van der Waals surface area (Å²) < 4.78 is 0. The van der Waals surface area contributed by atoms with Gasteiger partial charge in [-0.2, -0.15) is 0 Å². The van der Waals surface area contributed by atoms with Gasteiger partial charge in [-0.05, 0) is 25.1 Å². The Morgan fingerprint density at radius 3 is 2.63 bits per heavy atom. The number of anilines is 1. The molecule has 0 aromatic heterocycles. The van der Waals surface area contributed by atoms with Crippen molar-refractivity contribution in [3.63, 3.8) is 0 Å². The summed E-state index contributed by atoms with van der Waals surface area (Å²) in [5.74, 6) is -1.08. The van der Waals surface area contributed by atoms with Crippen LogP contribution in [0.2, 0.25) is 5.02 Å². The summed E-state index contributed by atoms with van der Waals surface area (Å²) in [5, 5.41) is 11.7. The molecule has 0 spiro atoms. The molecule has 0 heterocycles. The molecule has 19 heavy (non-hydrogen) atoms. The van der Waals surface area contributed by atoms with E-state index in [1.54, 1.807) is 7.05 Å². The van der Waals surface area contributed by atoms with E-state index in [1.165, 1.54) is 23.1 Å². The number of carbonyl (C=O) groups excluding carboxylic acids is 1. The second kappa shape index (κ2) is 6.24. The van der Waals surface area contributed by atoms with Crippen LogP contribution in [0.3, 0.4) is 0 Å². The first-order valence-corrected chi connectivity index (χ1v) is 5.88. The maximum Gasteiger partial charge on any atom is 0.335 e. The zero-order chi connectivity index (χ0) is 14.6. The standard InChI is InChI=1S/C13H15ClN2O3/c1-8(2)7-16(3)13(19)15-11-6-9(12(17)18)4-5-10(11)14/h4-6H,1,7H2,2-3H3,(H,15,19)(H,17,18). The molecule has 0 aliphatic carbocycles. The highest BCUT2D eigenvalue weighted by Gasteiger charge is 2.12. The molecule has 0 fully saturated rings. The van der Waals surface area contributed by atoms with Gasteiger partial charge < -0.3 is 15.3 Å². The van der Waals surface area contributed by atoms with Crippen LogP contribution in [0.25, 0.3) is 0 Å². The molecule has 0 unspecified atom stereocenters. The number of urea groups is 1. The topological polar surface area (TPSA) is 69.6 Å². The average Bonchev–Trinajstić information content (AvgIpc) is 2.30. The number of nitrogens with one attached hydrogen (secondary N) is 1. The van der Waals surface area contributed by atoms with Gasteiger partial charge >= 0.3 is 12.0 Å². The lowest BCUT2D eigenvalue weighted by atomic mass is 10.2. The van der Waals surface area contributed by atoms with Crippen LogP contribution in [0.1, 0.15) is 17.3 Å². The smallest absolute Gasteiger partial charge is 0.335 e. The van der Waals surface area contributed by atoms with Crippen LogP contribution in [0.15, 0.2) is 30.4 Å². The van der Waals surface area contributed by atoms with Gasteiger partial charge in [-0.15, -0.1) is 0 Å². The SMILES string of the molecule is C=C(C)CN(C)C(=O)Nc1cc(C(=O)O)ccc1Cl. The van der Waals surface area contributed by atoms with E-state index in [4.69, 9.17) is 16.7 Å². The quantitative estimate of drug-likeness (QED) is 0.834. The molecule has 0 aliphatic rings. The Morgan fingerprint density at radius 2 is 2.11 bits per heavy atom. The Kier molecular flexibility index (Phi) is 4.94. The molecule has 6 heteroatoms. The lowest BCUT2D eigenvalue weighted by Gasteiger charge is -2.18. The Hall–Kier alpha value is -2.01. The van der Waals surface area contributed by atoms with Crippen molar-refractivity contribution in [1.82, 2.24) is 4.90 Å². The summed E-state index contributed by atoms with van der Waals surface area (Å²) in [4.78, 5) is 24.1. The van der Waals surface area contributed by atoms with Crippen molar-refractivity contribution >= 4 is 29.3 Å². The second-order valence-corrected chi connectivity index (χ2v) is 4.65. The normalized spacial score (nSPS) is 9.84. The van der Waals surface area contributed by atoms with Crippen LogP contribution in [0.4, 0.5) is 10.5 Å². The fourth-order valence-electron chi connectivity index (χ4n) is 1.44. The van der Waals surface area contributed by atoms with Gasteiger partial charge in [-0.1, -0.05) is 23.8 Å². The van der Waals surface area contributed by atoms with E-state index in [9.17, 15) is 9.59 Å². The Labute approximate surface area is 116 Å². The van der Waals surface area contributed by atoms with E-state index in [2.05, 4.69) is 11.9 Å². The van der Waals surface area contributed by atoms with E-state index >= 15 is 0 Å². The molecule has 0 saturated carbocycles. The van der Waals surface area contributed by atoms with Gasteiger partial charge in [-0.3, -0.25) is 0 Å². The van der Waals surface area contributed by atoms with Crippen molar-refractivity contribution in [2.24, 2.45) is 0 Å². The van der Waals surface area contributed by atoms with Gasteiger partial charge in [0.2, 0.25) is 0 Å². The van der Waals surface area contributed by atoms with Crippen LogP contribution in [0, 0.1) is 0 Å². The van der Waals surface area contributed by atoms with Crippen LogP contribution in [-0.4, -0.2) is 35.6 Å². The molecule has 102 valence electrons. The van der Waals surface area contributed by atoms with Gasteiger partial charge in [0.25, 0.3) is 0 Å². The van der Waals surface area contributed by atoms with Gasteiger partial charge in [0.15, 0.2) is 0 Å². The number of rotatable bonds is 4. The van der Waals surface area contributed by atoms with Crippen LogP contribution < -0.4 is 5.32 Å². The summed E-state index contributed by atoms with van der Waals surface area (Å²) in [5.41, 5.74) is 1.16. The monoisotopic (exact) mass is 282 g/mol. The first kappa shape index (κ1) is 15.0. The second-order valence-electron chi connectivity index (χ2n) is 4.24. The number of nitrogens with zero attached hydrogens (tertiary/aromatic N) is 1. The molecule has 2 amide bonds. The zero-order valence-corrected chi connectivity index (χ0v) is 11.5. The number of likely N-dealkylation sites (N-methyl/N-ethyl adjacent to an activating group) is 1. The summed E-state index contributed by atoms with van der Waals surface area (Å²) in [6, 6.07) is 3.74. The summed E-state index contributed by atoms with van der Waals surface area (Å²) in [6.45, 7) is 5.93. The highest BCUT2D eigenvalue weighted by atomic mass is 35.5. The molecule has 1 aromatic carbocycles. The minimum Gasteiger partial charge on any atom is -0.478 e. The van der Waals surface area contributed by atoms with Crippen molar-refractivity contribution in [3.8, 4) is 0 Å². The van der Waals surface area contributed by atoms with E-state index in [-0.39, 0.29) is 22.3 Å². The lowest BCUT2D eigenvalue weighted by molar-refractivity contribution is 0.0697. The minimum absolute atomic E-state index is 0.0576. The fourth-order valence-corrected chi connectivity index (χ4v) is 1.61. The molecular weight excluding hydrogens is 268 g/mol. The molecule has 0 aliphatic heterocycles. The van der Waals surface area contributed by atoms with E-state index in [1.807, 2.05) is 6.92 Å². The lowest BCUT2D eigenvalue weighted by Crippen LogP contribution is -2.32. The first-order valence-electron chi connectivity index (χ1n) is 5.50. The van der Waals surface area contributed by atoms with Crippen molar-refractivity contribution < 1.29 is 14.7 Å². The molecule has 1 aromatic rings. The molecule has 2 N–H and O–H groups in total. The maximum atomic E-state index is 11.8. The fraction of sp³-hybridized carbons (Fsp3) is 0.231. The number of aromatic carboxylic acids is 1. The molecule has 5 nitrogen and oxygen atoms in total. The van der Waals surface area contributed by atoms with Crippen LogP contribution >= 0.6 is 11.6 Å². The van der Waals surface area contributed by atoms with Crippen molar-refractivity contribution in [2.75, 3.05) is 18.9 Å². The predicted molar refractivity (Wildman–Crippen MR) is 74.9 cm³/mol. The molecule has 0 atom stereocenters. The van der Waals surface area contributed by atoms with Crippen LogP contribution in [0.5, 0.6) is 0 Å². The molecule has 1 rings (SSSR count). The van der Waals surface area contributed by atoms with Gasteiger partial charge in [-0.25, -0.2) is 9.59 Å². The number of benzene rings is 1. The number of carbonyl (C=O) groups is 2. The molecular formula is C13H15ClN2O3. The van der Waals surface area contributed by atoms with Gasteiger partial charge in [0.05, 0.1) is 16.3 Å². The Balaban J connectivity index is 2.86. The molecule has 0 saturated heterocycles. The van der Waals surface area contributed by atoms with Crippen LogP contribution in [-0.2, 0) is 0 Å². The number of carboxylic acid groups (broad SMARTS) is 1. The average molecular weight is 283 g/mol. The number of carboxylic acids is 1. The highest BCUT2D eigenvalue weighted by Crippen LogP contribution is 2.23. The number of halogens is 1. The molecule has 0 radical (unpaired) electrons. The van der Waals surface area contributed by atoms with E-state index < -0.39 is 5.97 Å². The Morgan fingerprint density at radius 1 is 1.47 bits per heavy atom. The number of hydrogen-bond acceptors (Lipinski definition) is 2. The number of hydrogen-bond donors (Lipinski definition) is 2. The third kappa shape index (κ3) is 4.30. The molecule has 0 bridgehead atoms. The van der Waals surface area contributed by atoms with Crippen molar-refractivity contribution in [3.05, 3.63) is 40.9 Å². The summed E-state index contributed by atoms with van der Waals surface area (Å²) in [6.07, 6.45) is 0. The van der Waals surface area contributed by atoms with Gasteiger partial charge in [0, 0.05) is 13.6 Å². The number of amides is 2. The first-order chi connectivity index (χ1) is 8.81.